The molecule has 0 aliphatic heterocycles. The highest BCUT2D eigenvalue weighted by molar-refractivity contribution is 5.75. The number of furan rings is 1. The van der Waals surface area contributed by atoms with Gasteiger partial charge < -0.3 is 9.40 Å². The molecule has 4 aromatic rings. The maximum absolute atomic E-state index is 12.4. The van der Waals surface area contributed by atoms with E-state index in [4.69, 9.17) is 4.42 Å². The molecule has 7 nitrogen and oxygen atoms in total. The zero-order valence-corrected chi connectivity index (χ0v) is 13.7. The maximum atomic E-state index is 12.4. The molecule has 0 radical (unpaired) electrons. The highest BCUT2D eigenvalue weighted by Crippen LogP contribution is 2.14. The first-order chi connectivity index (χ1) is 12.2. The molecule has 0 aliphatic carbocycles. The molecule has 7 heteroatoms. The third-order valence-electron chi connectivity index (χ3n) is 3.91. The number of H-pyrrole nitrogens is 1. The van der Waals surface area contributed by atoms with Crippen LogP contribution in [-0.4, -0.2) is 31.7 Å². The predicted octanol–water partition coefficient (Wildman–Crippen LogP) is 2.33. The first kappa shape index (κ1) is 15.3. The molecule has 0 saturated heterocycles. The molecule has 0 spiro atoms. The van der Waals surface area contributed by atoms with Crippen LogP contribution in [0.1, 0.15) is 11.6 Å². The fraction of sp³-hybridized carbons (Fsp3) is 0.167. The Bertz CT molecular complexity index is 1030. The first-order valence-electron chi connectivity index (χ1n) is 7.94. The highest BCUT2D eigenvalue weighted by atomic mass is 16.3. The fourth-order valence-corrected chi connectivity index (χ4v) is 2.78. The number of aromatic nitrogens is 4. The first-order valence-corrected chi connectivity index (χ1v) is 7.94. The normalized spacial score (nSPS) is 11.4. The smallest absolute Gasteiger partial charge is 0.262 e. The topological polar surface area (TPSA) is 80.0 Å². The Morgan fingerprint density at radius 2 is 2.00 bits per heavy atom. The summed E-state index contributed by atoms with van der Waals surface area (Å²) in [6.45, 7) is 1.12. The van der Waals surface area contributed by atoms with Crippen molar-refractivity contribution in [2.75, 3.05) is 7.05 Å². The summed E-state index contributed by atoms with van der Waals surface area (Å²) in [5, 5.41) is 4.79. The second-order valence-corrected chi connectivity index (χ2v) is 5.89. The van der Waals surface area contributed by atoms with Gasteiger partial charge in [0.2, 0.25) is 0 Å². The van der Waals surface area contributed by atoms with Crippen LogP contribution in [0.3, 0.4) is 0 Å². The van der Waals surface area contributed by atoms with Crippen LogP contribution in [-0.2, 0) is 13.1 Å². The molecule has 0 atom stereocenters. The predicted molar refractivity (Wildman–Crippen MR) is 93.4 cm³/mol. The van der Waals surface area contributed by atoms with Gasteiger partial charge in [-0.15, -0.1) is 0 Å². The van der Waals surface area contributed by atoms with Gasteiger partial charge in [0.1, 0.15) is 17.0 Å². The Morgan fingerprint density at radius 3 is 2.76 bits per heavy atom. The van der Waals surface area contributed by atoms with Crippen LogP contribution >= 0.6 is 0 Å². The molecular formula is C18H17N5O2. The van der Waals surface area contributed by atoms with Crippen LogP contribution in [0, 0.1) is 0 Å². The summed E-state index contributed by atoms with van der Waals surface area (Å²) in [5.41, 5.74) is 1.23. The van der Waals surface area contributed by atoms with Crippen LogP contribution in [0.4, 0.5) is 0 Å². The fourth-order valence-electron chi connectivity index (χ4n) is 2.78. The van der Waals surface area contributed by atoms with E-state index in [1.807, 2.05) is 54.4 Å². The van der Waals surface area contributed by atoms with Crippen molar-refractivity contribution in [3.63, 3.8) is 0 Å². The lowest BCUT2D eigenvalue weighted by Gasteiger charge is -2.14. The second-order valence-electron chi connectivity index (χ2n) is 5.89. The van der Waals surface area contributed by atoms with Gasteiger partial charge in [-0.05, 0) is 31.3 Å². The van der Waals surface area contributed by atoms with Crippen molar-refractivity contribution in [2.45, 2.75) is 13.1 Å². The van der Waals surface area contributed by atoms with Gasteiger partial charge in [0.15, 0.2) is 5.65 Å². The molecule has 0 aliphatic rings. The van der Waals surface area contributed by atoms with Crippen molar-refractivity contribution < 1.29 is 4.42 Å². The summed E-state index contributed by atoms with van der Waals surface area (Å²) >= 11 is 0. The van der Waals surface area contributed by atoms with Gasteiger partial charge in [-0.3, -0.25) is 9.69 Å². The summed E-state index contributed by atoms with van der Waals surface area (Å²) < 4.78 is 7.03. The van der Waals surface area contributed by atoms with Crippen molar-refractivity contribution in [2.24, 2.45) is 0 Å². The lowest BCUT2D eigenvalue weighted by Crippen LogP contribution is -2.21. The summed E-state index contributed by atoms with van der Waals surface area (Å²) in [7, 11) is 1.95. The Morgan fingerprint density at radius 1 is 1.16 bits per heavy atom. The molecule has 1 N–H and O–H groups in total. The largest absolute Gasteiger partial charge is 0.468 e. The van der Waals surface area contributed by atoms with E-state index in [0.717, 1.165) is 11.4 Å². The number of hydrogen-bond acceptors (Lipinski definition) is 5. The van der Waals surface area contributed by atoms with Gasteiger partial charge in [-0.2, -0.15) is 5.10 Å². The van der Waals surface area contributed by atoms with Gasteiger partial charge in [-0.25, -0.2) is 9.67 Å². The standard InChI is InChI=1S/C18H17N5O2/c1-22(11-14-8-5-9-25-14)12-16-20-17-15(18(24)21-16)10-19-23(17)13-6-3-2-4-7-13/h2-10H,11-12H2,1H3,(H,20,21,24). The van der Waals surface area contributed by atoms with Gasteiger partial charge >= 0.3 is 0 Å². The van der Waals surface area contributed by atoms with Gasteiger partial charge in [0, 0.05) is 0 Å². The zero-order chi connectivity index (χ0) is 17.2. The summed E-state index contributed by atoms with van der Waals surface area (Å²) in [5.74, 6) is 1.45. The number of nitrogens with zero attached hydrogens (tertiary/aromatic N) is 4. The van der Waals surface area contributed by atoms with Crippen molar-refractivity contribution in [3.8, 4) is 5.69 Å². The number of aromatic amines is 1. The van der Waals surface area contributed by atoms with E-state index in [2.05, 4.69) is 15.1 Å². The Balaban J connectivity index is 1.67. The lowest BCUT2D eigenvalue weighted by molar-refractivity contribution is 0.281. The third kappa shape index (κ3) is 3.09. The minimum atomic E-state index is -0.187. The number of para-hydroxylation sites is 1. The second kappa shape index (κ2) is 6.37. The number of benzene rings is 1. The van der Waals surface area contributed by atoms with Gasteiger partial charge in [-0.1, -0.05) is 18.2 Å². The third-order valence-corrected chi connectivity index (χ3v) is 3.91. The summed E-state index contributed by atoms with van der Waals surface area (Å²) in [4.78, 5) is 21.8. The Labute approximate surface area is 143 Å². The quantitative estimate of drug-likeness (QED) is 0.605. The van der Waals surface area contributed by atoms with E-state index < -0.39 is 0 Å². The minimum absolute atomic E-state index is 0.187. The van der Waals surface area contributed by atoms with Crippen LogP contribution in [0.2, 0.25) is 0 Å². The van der Waals surface area contributed by atoms with Crippen molar-refractivity contribution in [3.05, 3.63) is 76.9 Å². The summed E-state index contributed by atoms with van der Waals surface area (Å²) in [6.07, 6.45) is 3.19. The van der Waals surface area contributed by atoms with Crippen LogP contribution in [0.5, 0.6) is 0 Å². The molecule has 1 aromatic carbocycles. The van der Waals surface area contributed by atoms with Crippen LogP contribution < -0.4 is 5.56 Å². The van der Waals surface area contributed by atoms with Crippen molar-refractivity contribution >= 4 is 11.0 Å². The van der Waals surface area contributed by atoms with Crippen LogP contribution in [0.15, 0.2) is 64.1 Å². The van der Waals surface area contributed by atoms with E-state index in [1.54, 1.807) is 17.1 Å². The average Bonchev–Trinajstić information content (AvgIpc) is 3.25. The molecule has 0 unspecified atom stereocenters. The highest BCUT2D eigenvalue weighted by Gasteiger charge is 2.13. The number of hydrogen-bond donors (Lipinski definition) is 1. The Hall–Kier alpha value is -3.19. The van der Waals surface area contributed by atoms with Crippen LogP contribution in [0.25, 0.3) is 16.7 Å². The zero-order valence-electron chi connectivity index (χ0n) is 13.7. The molecule has 0 saturated carbocycles. The molecule has 4 rings (SSSR count). The number of rotatable bonds is 5. The summed E-state index contributed by atoms with van der Waals surface area (Å²) in [6, 6.07) is 13.4. The van der Waals surface area contributed by atoms with Crippen molar-refractivity contribution in [1.29, 1.82) is 0 Å². The van der Waals surface area contributed by atoms with Gasteiger partial charge in [0.25, 0.3) is 5.56 Å². The monoisotopic (exact) mass is 335 g/mol. The SMILES string of the molecule is CN(Cc1nc2c(cnn2-c2ccccc2)c(=O)[nH]1)Cc1ccco1. The average molecular weight is 335 g/mol. The number of nitrogens with one attached hydrogen (secondary N) is 1. The van der Waals surface area contributed by atoms with Crippen molar-refractivity contribution in [1.82, 2.24) is 24.6 Å². The Kier molecular flexibility index (Phi) is 3.91. The van der Waals surface area contributed by atoms with Gasteiger partial charge in [0.05, 0.1) is 31.2 Å². The molecule has 3 aromatic heterocycles. The van der Waals surface area contributed by atoms with E-state index in [9.17, 15) is 4.79 Å². The molecule has 0 amide bonds. The molecule has 25 heavy (non-hydrogen) atoms. The lowest BCUT2D eigenvalue weighted by atomic mass is 10.3. The molecule has 3 heterocycles. The molecule has 0 fully saturated rings. The van der Waals surface area contributed by atoms with E-state index in [-0.39, 0.29) is 5.56 Å². The molecule has 0 bridgehead atoms. The van der Waals surface area contributed by atoms with E-state index >= 15 is 0 Å². The van der Waals surface area contributed by atoms with E-state index in [1.165, 1.54) is 0 Å². The molecular weight excluding hydrogens is 318 g/mol. The number of fused-ring (bicyclic) bond motifs is 1. The van der Waals surface area contributed by atoms with E-state index in [0.29, 0.717) is 29.9 Å². The molecule has 126 valence electrons. The maximum Gasteiger partial charge on any atom is 0.262 e. The minimum Gasteiger partial charge on any atom is -0.468 e.